The molecule has 0 saturated carbocycles. The quantitative estimate of drug-likeness (QED) is 0.796. The lowest BCUT2D eigenvalue weighted by Gasteiger charge is -2.08. The van der Waals surface area contributed by atoms with Crippen LogP contribution in [0.4, 0.5) is 18.3 Å². The second kappa shape index (κ2) is 5.80. The van der Waals surface area contributed by atoms with Crippen molar-refractivity contribution in [3.63, 3.8) is 0 Å². The molecule has 2 heterocycles. The van der Waals surface area contributed by atoms with Crippen LogP contribution >= 0.6 is 11.3 Å². The number of nitrogens with zero attached hydrogens (tertiary/aromatic N) is 4. The Balaban J connectivity index is 1.83. The SMILES string of the molecule is O=C(Nc1nncs1)c1cn(-c2cccc(C(F)(F)F)c2)cn1. The van der Waals surface area contributed by atoms with Crippen molar-refractivity contribution in [2.24, 2.45) is 0 Å². The van der Waals surface area contributed by atoms with Gasteiger partial charge in [-0.3, -0.25) is 10.1 Å². The molecule has 0 saturated heterocycles. The van der Waals surface area contributed by atoms with Crippen LogP contribution in [-0.2, 0) is 6.18 Å². The van der Waals surface area contributed by atoms with Gasteiger partial charge in [-0.1, -0.05) is 17.4 Å². The maximum atomic E-state index is 12.7. The summed E-state index contributed by atoms with van der Waals surface area (Å²) in [6.45, 7) is 0. The van der Waals surface area contributed by atoms with Crippen molar-refractivity contribution in [3.8, 4) is 5.69 Å². The van der Waals surface area contributed by atoms with Gasteiger partial charge in [0.15, 0.2) is 0 Å². The number of hydrogen-bond donors (Lipinski definition) is 1. The lowest BCUT2D eigenvalue weighted by atomic mass is 10.2. The Kier molecular flexibility index (Phi) is 3.82. The minimum atomic E-state index is -4.44. The Hall–Kier alpha value is -2.75. The molecule has 6 nitrogen and oxygen atoms in total. The standard InChI is InChI=1S/C13H8F3N5OS/c14-13(15,16)8-2-1-3-9(4-8)21-5-10(17-6-21)11(22)19-12-20-18-7-23-12/h1-7H,(H,19,20,22). The molecule has 0 unspecified atom stereocenters. The van der Waals surface area contributed by atoms with Gasteiger partial charge in [0, 0.05) is 11.9 Å². The van der Waals surface area contributed by atoms with E-state index in [4.69, 9.17) is 0 Å². The lowest BCUT2D eigenvalue weighted by molar-refractivity contribution is -0.137. The number of aromatic nitrogens is 4. The van der Waals surface area contributed by atoms with Crippen LogP contribution in [-0.4, -0.2) is 25.7 Å². The summed E-state index contributed by atoms with van der Waals surface area (Å²) in [6, 6.07) is 4.74. The number of halogens is 3. The van der Waals surface area contributed by atoms with E-state index >= 15 is 0 Å². The van der Waals surface area contributed by atoms with E-state index in [1.54, 1.807) is 0 Å². The van der Waals surface area contributed by atoms with Crippen LogP contribution in [0.15, 0.2) is 42.3 Å². The first-order chi connectivity index (χ1) is 10.9. The van der Waals surface area contributed by atoms with Crippen LogP contribution < -0.4 is 5.32 Å². The second-order valence-corrected chi connectivity index (χ2v) is 5.25. The van der Waals surface area contributed by atoms with Crippen molar-refractivity contribution in [2.75, 3.05) is 5.32 Å². The fraction of sp³-hybridized carbons (Fsp3) is 0.0769. The van der Waals surface area contributed by atoms with Crippen molar-refractivity contribution < 1.29 is 18.0 Å². The van der Waals surface area contributed by atoms with Crippen LogP contribution in [0.1, 0.15) is 16.1 Å². The van der Waals surface area contributed by atoms with Gasteiger partial charge in [0.1, 0.15) is 17.5 Å². The number of carbonyl (C=O) groups excluding carboxylic acids is 1. The summed E-state index contributed by atoms with van der Waals surface area (Å²) in [4.78, 5) is 15.8. The van der Waals surface area contributed by atoms with E-state index in [1.165, 1.54) is 34.7 Å². The van der Waals surface area contributed by atoms with Crippen LogP contribution in [0.5, 0.6) is 0 Å². The monoisotopic (exact) mass is 339 g/mol. The number of anilines is 1. The largest absolute Gasteiger partial charge is 0.416 e. The molecule has 1 amide bonds. The zero-order chi connectivity index (χ0) is 16.4. The third-order valence-electron chi connectivity index (χ3n) is 2.87. The summed E-state index contributed by atoms with van der Waals surface area (Å²) in [7, 11) is 0. The van der Waals surface area contributed by atoms with Crippen LogP contribution in [0.2, 0.25) is 0 Å². The van der Waals surface area contributed by atoms with Crippen molar-refractivity contribution in [1.82, 2.24) is 19.7 Å². The maximum Gasteiger partial charge on any atom is 0.416 e. The van der Waals surface area contributed by atoms with E-state index < -0.39 is 17.6 Å². The van der Waals surface area contributed by atoms with E-state index in [0.29, 0.717) is 5.13 Å². The Morgan fingerprint density at radius 1 is 1.30 bits per heavy atom. The molecule has 0 aliphatic rings. The Morgan fingerprint density at radius 3 is 2.83 bits per heavy atom. The summed E-state index contributed by atoms with van der Waals surface area (Å²) in [6.07, 6.45) is -1.83. The molecule has 0 bridgehead atoms. The highest BCUT2D eigenvalue weighted by atomic mass is 32.1. The smallest absolute Gasteiger partial charge is 0.305 e. The van der Waals surface area contributed by atoms with E-state index in [1.807, 2.05) is 0 Å². The fourth-order valence-electron chi connectivity index (χ4n) is 1.81. The number of nitrogens with one attached hydrogen (secondary N) is 1. The van der Waals surface area contributed by atoms with Gasteiger partial charge in [0.25, 0.3) is 5.91 Å². The molecule has 1 aromatic carbocycles. The molecule has 2 aromatic heterocycles. The highest BCUT2D eigenvalue weighted by Crippen LogP contribution is 2.30. The molecule has 3 rings (SSSR count). The first-order valence-corrected chi connectivity index (χ1v) is 7.10. The summed E-state index contributed by atoms with van der Waals surface area (Å²) >= 11 is 1.14. The fourth-order valence-corrected chi connectivity index (χ4v) is 2.25. The summed E-state index contributed by atoms with van der Waals surface area (Å²) in [5, 5.41) is 10.0. The summed E-state index contributed by atoms with van der Waals surface area (Å²) in [5.74, 6) is -0.521. The molecule has 0 fully saturated rings. The number of carbonyl (C=O) groups is 1. The van der Waals surface area contributed by atoms with Gasteiger partial charge in [-0.15, -0.1) is 10.2 Å². The zero-order valence-corrected chi connectivity index (χ0v) is 12.1. The van der Waals surface area contributed by atoms with Crippen molar-refractivity contribution >= 4 is 22.4 Å². The third kappa shape index (κ3) is 3.37. The Morgan fingerprint density at radius 2 is 2.13 bits per heavy atom. The molecular weight excluding hydrogens is 331 g/mol. The van der Waals surface area contributed by atoms with E-state index in [2.05, 4.69) is 20.5 Å². The Labute approximate surface area is 131 Å². The van der Waals surface area contributed by atoms with Crippen LogP contribution in [0.3, 0.4) is 0 Å². The molecule has 118 valence electrons. The molecule has 23 heavy (non-hydrogen) atoms. The first-order valence-electron chi connectivity index (χ1n) is 6.22. The molecule has 0 aliphatic heterocycles. The molecule has 1 N–H and O–H groups in total. The molecular formula is C13H8F3N5OS. The van der Waals surface area contributed by atoms with Gasteiger partial charge < -0.3 is 4.57 Å². The molecule has 0 aliphatic carbocycles. The van der Waals surface area contributed by atoms with E-state index in [9.17, 15) is 18.0 Å². The highest BCUT2D eigenvalue weighted by molar-refractivity contribution is 7.13. The molecule has 0 atom stereocenters. The number of hydrogen-bond acceptors (Lipinski definition) is 5. The Bertz CT molecular complexity index is 828. The van der Waals surface area contributed by atoms with E-state index in [0.717, 1.165) is 23.5 Å². The predicted octanol–water partition coefficient (Wildman–Crippen LogP) is 2.99. The van der Waals surface area contributed by atoms with Crippen LogP contribution in [0.25, 0.3) is 5.69 Å². The minimum absolute atomic E-state index is 0.0533. The number of rotatable bonds is 3. The highest BCUT2D eigenvalue weighted by Gasteiger charge is 2.30. The van der Waals surface area contributed by atoms with Crippen molar-refractivity contribution in [2.45, 2.75) is 6.18 Å². The normalized spacial score (nSPS) is 11.4. The van der Waals surface area contributed by atoms with Crippen molar-refractivity contribution in [3.05, 3.63) is 53.6 Å². The van der Waals surface area contributed by atoms with Gasteiger partial charge in [-0.25, -0.2) is 4.98 Å². The van der Waals surface area contributed by atoms with Crippen LogP contribution in [0, 0.1) is 0 Å². The number of amides is 1. The topological polar surface area (TPSA) is 72.7 Å². The van der Waals surface area contributed by atoms with Gasteiger partial charge in [-0.2, -0.15) is 13.2 Å². The van der Waals surface area contributed by atoms with Crippen molar-refractivity contribution in [1.29, 1.82) is 0 Å². The van der Waals surface area contributed by atoms with Gasteiger partial charge in [-0.05, 0) is 18.2 Å². The van der Waals surface area contributed by atoms with E-state index in [-0.39, 0.29) is 11.4 Å². The second-order valence-electron chi connectivity index (χ2n) is 4.41. The number of benzene rings is 1. The molecule has 10 heteroatoms. The lowest BCUT2D eigenvalue weighted by Crippen LogP contribution is -2.12. The molecule has 0 spiro atoms. The summed E-state index contributed by atoms with van der Waals surface area (Å²) < 4.78 is 39.5. The number of imidazole rings is 1. The molecule has 3 aromatic rings. The first kappa shape index (κ1) is 15.2. The zero-order valence-electron chi connectivity index (χ0n) is 11.3. The average molecular weight is 339 g/mol. The molecule has 0 radical (unpaired) electrons. The third-order valence-corrected chi connectivity index (χ3v) is 3.47. The predicted molar refractivity (Wildman–Crippen MR) is 76.4 cm³/mol. The summed E-state index contributed by atoms with van der Waals surface area (Å²) in [5.41, 5.74) is 0.986. The van der Waals surface area contributed by atoms with Gasteiger partial charge in [0.2, 0.25) is 5.13 Å². The van der Waals surface area contributed by atoms with Gasteiger partial charge >= 0.3 is 6.18 Å². The van der Waals surface area contributed by atoms with Gasteiger partial charge in [0.05, 0.1) is 5.56 Å². The maximum absolute atomic E-state index is 12.7. The minimum Gasteiger partial charge on any atom is -0.305 e. The average Bonchev–Trinajstić information content (AvgIpc) is 3.17. The number of alkyl halides is 3.